The molecule has 0 saturated heterocycles. The van der Waals surface area contributed by atoms with Crippen LogP contribution in [0.25, 0.3) is 0 Å². The minimum absolute atomic E-state index is 0.158. The summed E-state index contributed by atoms with van der Waals surface area (Å²) in [5.74, 6) is -1.51. The van der Waals surface area contributed by atoms with Gasteiger partial charge >= 0.3 is 5.97 Å². The SMILES string of the molecule is Cc1cccc(C(=O)N[C@H](C(=O)O)C(C)C)c1I. The third-order valence-electron chi connectivity index (χ3n) is 2.66. The quantitative estimate of drug-likeness (QED) is 0.810. The number of amides is 1. The predicted molar refractivity (Wildman–Crippen MR) is 77.6 cm³/mol. The van der Waals surface area contributed by atoms with E-state index in [1.165, 1.54) is 0 Å². The van der Waals surface area contributed by atoms with Gasteiger partial charge in [-0.3, -0.25) is 4.79 Å². The van der Waals surface area contributed by atoms with E-state index in [4.69, 9.17) is 5.11 Å². The Morgan fingerprint density at radius 2 is 1.94 bits per heavy atom. The summed E-state index contributed by atoms with van der Waals surface area (Å²) in [7, 11) is 0. The lowest BCUT2D eigenvalue weighted by Crippen LogP contribution is -2.44. The Morgan fingerprint density at radius 3 is 2.44 bits per heavy atom. The number of carboxylic acid groups (broad SMARTS) is 1. The summed E-state index contributed by atoms with van der Waals surface area (Å²) in [5, 5.41) is 11.6. The molecule has 0 heterocycles. The molecular formula is C13H16INO3. The normalized spacial score (nSPS) is 12.3. The molecule has 5 heteroatoms. The van der Waals surface area contributed by atoms with Crippen molar-refractivity contribution in [2.24, 2.45) is 5.92 Å². The number of nitrogens with one attached hydrogen (secondary N) is 1. The molecule has 1 atom stereocenters. The van der Waals surface area contributed by atoms with E-state index >= 15 is 0 Å². The molecule has 0 radical (unpaired) electrons. The molecule has 2 N–H and O–H groups in total. The average Bonchev–Trinajstić information content (AvgIpc) is 2.28. The molecule has 18 heavy (non-hydrogen) atoms. The molecule has 0 aliphatic carbocycles. The van der Waals surface area contributed by atoms with Crippen LogP contribution in [0.4, 0.5) is 0 Å². The average molecular weight is 361 g/mol. The van der Waals surface area contributed by atoms with Gasteiger partial charge in [0.15, 0.2) is 0 Å². The van der Waals surface area contributed by atoms with Crippen LogP contribution in [-0.2, 0) is 4.79 Å². The van der Waals surface area contributed by atoms with Gasteiger partial charge in [0.2, 0.25) is 0 Å². The first kappa shape index (κ1) is 14.9. The predicted octanol–water partition coefficient (Wildman–Crippen LogP) is 2.44. The molecule has 1 aromatic carbocycles. The minimum atomic E-state index is -1.01. The molecular weight excluding hydrogens is 345 g/mol. The third-order valence-corrected chi connectivity index (χ3v) is 4.09. The highest BCUT2D eigenvalue weighted by Crippen LogP contribution is 2.17. The lowest BCUT2D eigenvalue weighted by molar-refractivity contribution is -0.140. The van der Waals surface area contributed by atoms with E-state index in [0.29, 0.717) is 5.56 Å². The summed E-state index contributed by atoms with van der Waals surface area (Å²) < 4.78 is 0.848. The molecule has 1 rings (SSSR count). The summed E-state index contributed by atoms with van der Waals surface area (Å²) in [5.41, 5.74) is 1.52. The lowest BCUT2D eigenvalue weighted by atomic mass is 10.0. The topological polar surface area (TPSA) is 66.4 Å². The van der Waals surface area contributed by atoms with Crippen molar-refractivity contribution < 1.29 is 14.7 Å². The van der Waals surface area contributed by atoms with Gasteiger partial charge in [-0.2, -0.15) is 0 Å². The Balaban J connectivity index is 2.94. The van der Waals surface area contributed by atoms with Crippen LogP contribution in [0, 0.1) is 16.4 Å². The Labute approximate surface area is 120 Å². The maximum atomic E-state index is 12.1. The molecule has 0 bridgehead atoms. The fourth-order valence-corrected chi connectivity index (χ4v) is 2.16. The van der Waals surface area contributed by atoms with Crippen LogP contribution >= 0.6 is 22.6 Å². The molecule has 0 saturated carbocycles. The first-order valence-electron chi connectivity index (χ1n) is 5.63. The zero-order chi connectivity index (χ0) is 13.9. The Hall–Kier alpha value is -1.11. The maximum Gasteiger partial charge on any atom is 0.326 e. The second kappa shape index (κ2) is 6.17. The maximum absolute atomic E-state index is 12.1. The van der Waals surface area contributed by atoms with Crippen molar-refractivity contribution in [1.82, 2.24) is 5.32 Å². The smallest absolute Gasteiger partial charge is 0.326 e. The number of rotatable bonds is 4. The number of hydrogen-bond acceptors (Lipinski definition) is 2. The van der Waals surface area contributed by atoms with Crippen molar-refractivity contribution in [3.8, 4) is 0 Å². The lowest BCUT2D eigenvalue weighted by Gasteiger charge is -2.18. The summed E-state index contributed by atoms with van der Waals surface area (Å²) in [6.45, 7) is 5.44. The van der Waals surface area contributed by atoms with Crippen LogP contribution in [0.1, 0.15) is 29.8 Å². The van der Waals surface area contributed by atoms with Crippen LogP contribution in [-0.4, -0.2) is 23.0 Å². The van der Waals surface area contributed by atoms with Crippen LogP contribution in [0.15, 0.2) is 18.2 Å². The van der Waals surface area contributed by atoms with Gasteiger partial charge in [0.05, 0.1) is 5.56 Å². The van der Waals surface area contributed by atoms with Crippen molar-refractivity contribution in [1.29, 1.82) is 0 Å². The number of carboxylic acids is 1. The van der Waals surface area contributed by atoms with Gasteiger partial charge in [-0.15, -0.1) is 0 Å². The van der Waals surface area contributed by atoms with Crippen LogP contribution in [0.2, 0.25) is 0 Å². The number of hydrogen-bond donors (Lipinski definition) is 2. The minimum Gasteiger partial charge on any atom is -0.480 e. The van der Waals surface area contributed by atoms with Crippen molar-refractivity contribution in [2.75, 3.05) is 0 Å². The Morgan fingerprint density at radius 1 is 1.33 bits per heavy atom. The molecule has 0 aromatic heterocycles. The fourth-order valence-electron chi connectivity index (χ4n) is 1.56. The van der Waals surface area contributed by atoms with Crippen molar-refractivity contribution in [3.05, 3.63) is 32.9 Å². The van der Waals surface area contributed by atoms with E-state index in [1.807, 2.05) is 13.0 Å². The van der Waals surface area contributed by atoms with Gasteiger partial charge in [-0.1, -0.05) is 26.0 Å². The first-order valence-corrected chi connectivity index (χ1v) is 6.71. The summed E-state index contributed by atoms with van der Waals surface area (Å²) in [4.78, 5) is 23.1. The number of aliphatic carboxylic acids is 1. The molecule has 0 fully saturated rings. The standard InChI is InChI=1S/C13H16INO3/c1-7(2)11(13(17)18)15-12(16)9-6-4-5-8(3)10(9)14/h4-7,11H,1-3H3,(H,15,16)(H,17,18)/t11-/m0/s1. The number of aryl methyl sites for hydroxylation is 1. The molecule has 98 valence electrons. The van der Waals surface area contributed by atoms with Gasteiger partial charge in [0, 0.05) is 3.57 Å². The van der Waals surface area contributed by atoms with E-state index in [2.05, 4.69) is 27.9 Å². The molecule has 0 spiro atoms. The number of carbonyl (C=O) groups is 2. The van der Waals surface area contributed by atoms with Gasteiger partial charge in [0.25, 0.3) is 5.91 Å². The van der Waals surface area contributed by atoms with E-state index < -0.39 is 12.0 Å². The number of benzene rings is 1. The highest BCUT2D eigenvalue weighted by atomic mass is 127. The third kappa shape index (κ3) is 3.44. The van der Waals surface area contributed by atoms with E-state index in [1.54, 1.807) is 26.0 Å². The van der Waals surface area contributed by atoms with Crippen LogP contribution in [0.5, 0.6) is 0 Å². The molecule has 0 aliphatic rings. The van der Waals surface area contributed by atoms with Gasteiger partial charge < -0.3 is 10.4 Å². The highest BCUT2D eigenvalue weighted by molar-refractivity contribution is 14.1. The van der Waals surface area contributed by atoms with E-state index in [0.717, 1.165) is 9.13 Å². The van der Waals surface area contributed by atoms with Crippen molar-refractivity contribution in [2.45, 2.75) is 26.8 Å². The van der Waals surface area contributed by atoms with Crippen molar-refractivity contribution in [3.63, 3.8) is 0 Å². The molecule has 0 aliphatic heterocycles. The molecule has 4 nitrogen and oxygen atoms in total. The van der Waals surface area contributed by atoms with Crippen LogP contribution in [0.3, 0.4) is 0 Å². The molecule has 0 unspecified atom stereocenters. The monoisotopic (exact) mass is 361 g/mol. The van der Waals surface area contributed by atoms with Crippen molar-refractivity contribution >= 4 is 34.5 Å². The second-order valence-electron chi connectivity index (χ2n) is 4.47. The zero-order valence-electron chi connectivity index (χ0n) is 10.5. The number of carbonyl (C=O) groups excluding carboxylic acids is 1. The van der Waals surface area contributed by atoms with Crippen LogP contribution < -0.4 is 5.32 Å². The molecule has 1 amide bonds. The largest absolute Gasteiger partial charge is 0.480 e. The van der Waals surface area contributed by atoms with E-state index in [-0.39, 0.29) is 11.8 Å². The fraction of sp³-hybridized carbons (Fsp3) is 0.385. The van der Waals surface area contributed by atoms with E-state index in [9.17, 15) is 9.59 Å². The molecule has 1 aromatic rings. The van der Waals surface area contributed by atoms with Gasteiger partial charge in [-0.05, 0) is 47.1 Å². The second-order valence-corrected chi connectivity index (χ2v) is 5.55. The summed E-state index contributed by atoms with van der Waals surface area (Å²) >= 11 is 2.09. The number of halogens is 1. The first-order chi connectivity index (χ1) is 8.34. The van der Waals surface area contributed by atoms with Gasteiger partial charge in [-0.25, -0.2) is 4.79 Å². The van der Waals surface area contributed by atoms with Gasteiger partial charge in [0.1, 0.15) is 6.04 Å². The summed E-state index contributed by atoms with van der Waals surface area (Å²) in [6.07, 6.45) is 0. The Bertz CT molecular complexity index is 471. The highest BCUT2D eigenvalue weighted by Gasteiger charge is 2.24. The zero-order valence-corrected chi connectivity index (χ0v) is 12.7. The summed E-state index contributed by atoms with van der Waals surface area (Å²) in [6, 6.07) is 4.53. The Kier molecular flexibility index (Phi) is 5.13.